The van der Waals surface area contributed by atoms with Gasteiger partial charge in [0.15, 0.2) is 5.76 Å². The Morgan fingerprint density at radius 1 is 1.33 bits per heavy atom. The van der Waals surface area contributed by atoms with Crippen molar-refractivity contribution in [2.45, 2.75) is 5.88 Å². The molecule has 0 spiro atoms. The summed E-state index contributed by atoms with van der Waals surface area (Å²) in [7, 11) is 1.57. The number of hydrogen-bond donors (Lipinski definition) is 0. The summed E-state index contributed by atoms with van der Waals surface area (Å²) in [6.07, 6.45) is 0. The number of benzene rings is 1. The zero-order valence-corrected chi connectivity index (χ0v) is 8.99. The molecule has 0 N–H and O–H groups in total. The van der Waals surface area contributed by atoms with Crippen molar-refractivity contribution in [3.05, 3.63) is 46.2 Å². The van der Waals surface area contributed by atoms with E-state index >= 15 is 0 Å². The lowest BCUT2D eigenvalue weighted by atomic mass is 10.1. The van der Waals surface area contributed by atoms with E-state index in [2.05, 4.69) is 0 Å². The van der Waals surface area contributed by atoms with E-state index in [4.69, 9.17) is 16.1 Å². The van der Waals surface area contributed by atoms with Crippen LogP contribution in [0, 0.1) is 0 Å². The molecule has 0 amide bonds. The van der Waals surface area contributed by atoms with Crippen LogP contribution in [0.1, 0.15) is 5.56 Å². The van der Waals surface area contributed by atoms with Crippen LogP contribution in [-0.2, 0) is 12.9 Å². The normalized spacial score (nSPS) is 10.5. The van der Waals surface area contributed by atoms with Crippen LogP contribution in [0.25, 0.3) is 11.3 Å². The van der Waals surface area contributed by atoms with Crippen molar-refractivity contribution in [1.82, 2.24) is 4.74 Å². The SMILES string of the molecule is Cn1oc(-c2ccccc2)c(CCl)c1=O. The second-order valence-corrected chi connectivity index (χ2v) is 3.47. The molecule has 78 valence electrons. The smallest absolute Gasteiger partial charge is 0.287 e. The van der Waals surface area contributed by atoms with Gasteiger partial charge in [-0.25, -0.2) is 0 Å². The van der Waals surface area contributed by atoms with Gasteiger partial charge in [-0.1, -0.05) is 30.3 Å². The van der Waals surface area contributed by atoms with Crippen molar-refractivity contribution < 1.29 is 4.52 Å². The van der Waals surface area contributed by atoms with Crippen LogP contribution >= 0.6 is 11.6 Å². The van der Waals surface area contributed by atoms with Crippen molar-refractivity contribution >= 4 is 11.6 Å². The van der Waals surface area contributed by atoms with Crippen molar-refractivity contribution in [1.29, 1.82) is 0 Å². The van der Waals surface area contributed by atoms with Gasteiger partial charge in [0.1, 0.15) is 0 Å². The Morgan fingerprint density at radius 2 is 2.00 bits per heavy atom. The predicted molar refractivity (Wildman–Crippen MR) is 58.9 cm³/mol. The summed E-state index contributed by atoms with van der Waals surface area (Å²) in [5.74, 6) is 0.714. The van der Waals surface area contributed by atoms with Gasteiger partial charge in [0.2, 0.25) is 0 Å². The number of nitrogens with zero attached hydrogens (tertiary/aromatic N) is 1. The fourth-order valence-corrected chi connectivity index (χ4v) is 1.69. The molecule has 1 aromatic heterocycles. The molecular formula is C11H10ClNO2. The molecule has 1 aromatic carbocycles. The second kappa shape index (κ2) is 3.95. The maximum Gasteiger partial charge on any atom is 0.287 e. The standard InChI is InChI=1S/C11H10ClNO2/c1-13-11(14)9(7-12)10(15-13)8-5-3-2-4-6-8/h2-6H,7H2,1H3. The molecular weight excluding hydrogens is 214 g/mol. The van der Waals surface area contributed by atoms with E-state index in [-0.39, 0.29) is 11.4 Å². The number of aromatic nitrogens is 1. The molecule has 0 fully saturated rings. The quantitative estimate of drug-likeness (QED) is 0.733. The minimum Gasteiger partial charge on any atom is -0.376 e. The summed E-state index contributed by atoms with van der Waals surface area (Å²) in [5.41, 5.74) is 1.19. The topological polar surface area (TPSA) is 35.1 Å². The largest absolute Gasteiger partial charge is 0.376 e. The average molecular weight is 224 g/mol. The third kappa shape index (κ3) is 1.70. The summed E-state index contributed by atoms with van der Waals surface area (Å²) in [6.45, 7) is 0. The molecule has 0 saturated heterocycles. The first-order chi connectivity index (χ1) is 7.24. The van der Waals surface area contributed by atoms with Crippen LogP contribution in [0.2, 0.25) is 0 Å². The van der Waals surface area contributed by atoms with Gasteiger partial charge in [0, 0.05) is 12.6 Å². The summed E-state index contributed by atoms with van der Waals surface area (Å²) >= 11 is 5.73. The van der Waals surface area contributed by atoms with Crippen molar-refractivity contribution in [2.24, 2.45) is 7.05 Å². The molecule has 0 aliphatic rings. The molecule has 3 nitrogen and oxygen atoms in total. The highest BCUT2D eigenvalue weighted by molar-refractivity contribution is 6.17. The van der Waals surface area contributed by atoms with Gasteiger partial charge < -0.3 is 4.52 Å². The highest BCUT2D eigenvalue weighted by Gasteiger charge is 2.15. The van der Waals surface area contributed by atoms with Crippen molar-refractivity contribution in [3.8, 4) is 11.3 Å². The number of hydrogen-bond acceptors (Lipinski definition) is 2. The number of rotatable bonds is 2. The van der Waals surface area contributed by atoms with Crippen LogP contribution in [0.15, 0.2) is 39.6 Å². The van der Waals surface area contributed by atoms with E-state index in [1.165, 1.54) is 4.74 Å². The lowest BCUT2D eigenvalue weighted by Crippen LogP contribution is -2.12. The molecule has 15 heavy (non-hydrogen) atoms. The molecule has 0 radical (unpaired) electrons. The molecule has 1 heterocycles. The Bertz CT molecular complexity index is 513. The Morgan fingerprint density at radius 3 is 2.60 bits per heavy atom. The molecule has 2 rings (SSSR count). The maximum absolute atomic E-state index is 11.6. The number of aryl methyl sites for hydroxylation is 1. The van der Waals surface area contributed by atoms with E-state index in [1.54, 1.807) is 7.05 Å². The molecule has 4 heteroatoms. The van der Waals surface area contributed by atoms with Crippen molar-refractivity contribution in [2.75, 3.05) is 0 Å². The van der Waals surface area contributed by atoms with E-state index in [9.17, 15) is 4.79 Å². The Hall–Kier alpha value is -1.48. The van der Waals surface area contributed by atoms with Crippen LogP contribution in [0.3, 0.4) is 0 Å². The third-order valence-corrected chi connectivity index (χ3v) is 2.48. The zero-order valence-electron chi connectivity index (χ0n) is 8.24. The first kappa shape index (κ1) is 10.1. The van der Waals surface area contributed by atoms with E-state index in [0.29, 0.717) is 11.3 Å². The summed E-state index contributed by atoms with van der Waals surface area (Å²) in [5, 5.41) is 0. The van der Waals surface area contributed by atoms with Crippen LogP contribution < -0.4 is 5.56 Å². The van der Waals surface area contributed by atoms with Gasteiger partial charge in [-0.05, 0) is 0 Å². The fraction of sp³-hybridized carbons (Fsp3) is 0.182. The first-order valence-corrected chi connectivity index (χ1v) is 5.08. The first-order valence-electron chi connectivity index (χ1n) is 4.54. The molecule has 0 unspecified atom stereocenters. The number of alkyl halides is 1. The maximum atomic E-state index is 11.6. The summed E-state index contributed by atoms with van der Waals surface area (Å²) in [4.78, 5) is 11.6. The number of halogens is 1. The van der Waals surface area contributed by atoms with Crippen molar-refractivity contribution in [3.63, 3.8) is 0 Å². The molecule has 2 aromatic rings. The predicted octanol–water partition coefficient (Wildman–Crippen LogP) is 2.38. The monoisotopic (exact) mass is 223 g/mol. The van der Waals surface area contributed by atoms with Gasteiger partial charge in [-0.15, -0.1) is 11.6 Å². The van der Waals surface area contributed by atoms with E-state index in [1.807, 2.05) is 30.3 Å². The highest BCUT2D eigenvalue weighted by Crippen LogP contribution is 2.22. The molecule has 0 atom stereocenters. The van der Waals surface area contributed by atoms with Crippen LogP contribution in [0.4, 0.5) is 0 Å². The van der Waals surface area contributed by atoms with Gasteiger partial charge in [-0.2, -0.15) is 4.74 Å². The van der Waals surface area contributed by atoms with Crippen LogP contribution in [-0.4, -0.2) is 4.74 Å². The summed E-state index contributed by atoms with van der Waals surface area (Å²) < 4.78 is 6.54. The molecule has 0 aliphatic heterocycles. The Kier molecular flexibility index (Phi) is 2.64. The van der Waals surface area contributed by atoms with Gasteiger partial charge in [0.25, 0.3) is 5.56 Å². The second-order valence-electron chi connectivity index (χ2n) is 3.20. The minimum absolute atomic E-state index is 0.160. The fourth-order valence-electron chi connectivity index (χ4n) is 1.45. The van der Waals surface area contributed by atoms with Crippen LogP contribution in [0.5, 0.6) is 0 Å². The minimum atomic E-state index is -0.177. The van der Waals surface area contributed by atoms with Gasteiger partial charge in [-0.3, -0.25) is 4.79 Å². The Labute approximate surface area is 91.9 Å². The molecule has 0 saturated carbocycles. The third-order valence-electron chi connectivity index (χ3n) is 2.22. The highest BCUT2D eigenvalue weighted by atomic mass is 35.5. The molecule has 0 bridgehead atoms. The van der Waals surface area contributed by atoms with E-state index < -0.39 is 0 Å². The van der Waals surface area contributed by atoms with Gasteiger partial charge in [0.05, 0.1) is 11.4 Å². The average Bonchev–Trinajstić information content (AvgIpc) is 2.56. The zero-order chi connectivity index (χ0) is 10.8. The summed E-state index contributed by atoms with van der Waals surface area (Å²) in [6, 6.07) is 9.45. The lowest BCUT2D eigenvalue weighted by Gasteiger charge is -1.96. The van der Waals surface area contributed by atoms with Gasteiger partial charge >= 0.3 is 0 Å². The Balaban J connectivity index is 2.64. The van der Waals surface area contributed by atoms with E-state index in [0.717, 1.165) is 5.56 Å². The lowest BCUT2D eigenvalue weighted by molar-refractivity contribution is 0.307. The molecule has 0 aliphatic carbocycles.